The van der Waals surface area contributed by atoms with Gasteiger partial charge < -0.3 is 0 Å². The first-order valence-electron chi connectivity index (χ1n) is 6.98. The number of hydrogen-bond donors (Lipinski definition) is 0. The fourth-order valence-corrected chi connectivity index (χ4v) is 2.52. The van der Waals surface area contributed by atoms with Crippen LogP contribution in [0.1, 0.15) is 71.3 Å². The summed E-state index contributed by atoms with van der Waals surface area (Å²) in [4.78, 5) is 8.33. The third-order valence-corrected chi connectivity index (χ3v) is 3.64. The molecule has 96 valence electrons. The van der Waals surface area contributed by atoms with Gasteiger partial charge in [0.25, 0.3) is 0 Å². The van der Waals surface area contributed by atoms with Crippen LogP contribution < -0.4 is 0 Å². The molecule has 0 spiro atoms. The molecule has 1 rings (SSSR count). The van der Waals surface area contributed by atoms with Crippen LogP contribution in [-0.2, 0) is 5.41 Å². The summed E-state index contributed by atoms with van der Waals surface area (Å²) >= 11 is 0. The van der Waals surface area contributed by atoms with Gasteiger partial charge in [0.1, 0.15) is 6.33 Å². The lowest BCUT2D eigenvalue weighted by molar-refractivity contribution is 0.375. The van der Waals surface area contributed by atoms with E-state index in [1.165, 1.54) is 50.5 Å². The Labute approximate surface area is 106 Å². The first-order valence-corrected chi connectivity index (χ1v) is 6.98. The first-order chi connectivity index (χ1) is 8.23. The Morgan fingerprint density at radius 2 is 1.65 bits per heavy atom. The molecule has 0 fully saturated rings. The van der Waals surface area contributed by atoms with Gasteiger partial charge in [0.2, 0.25) is 0 Å². The van der Waals surface area contributed by atoms with Gasteiger partial charge in [-0.1, -0.05) is 52.9 Å². The smallest absolute Gasteiger partial charge is 0.115 e. The van der Waals surface area contributed by atoms with Crippen molar-refractivity contribution in [2.24, 2.45) is 0 Å². The van der Waals surface area contributed by atoms with Crippen LogP contribution in [-0.4, -0.2) is 9.97 Å². The molecule has 0 N–H and O–H groups in total. The summed E-state index contributed by atoms with van der Waals surface area (Å²) in [6, 6.07) is 0. The van der Waals surface area contributed by atoms with Gasteiger partial charge in [-0.05, 0) is 23.8 Å². The molecule has 2 nitrogen and oxygen atoms in total. The molecule has 2 heteroatoms. The fourth-order valence-electron chi connectivity index (χ4n) is 2.52. The van der Waals surface area contributed by atoms with Crippen molar-refractivity contribution in [3.63, 3.8) is 0 Å². The van der Waals surface area contributed by atoms with Crippen molar-refractivity contribution in [3.05, 3.63) is 24.3 Å². The average molecular weight is 234 g/mol. The summed E-state index contributed by atoms with van der Waals surface area (Å²) in [6.45, 7) is 6.88. The van der Waals surface area contributed by atoms with E-state index < -0.39 is 0 Å². The van der Waals surface area contributed by atoms with Crippen molar-refractivity contribution < 1.29 is 0 Å². The van der Waals surface area contributed by atoms with Crippen molar-refractivity contribution >= 4 is 0 Å². The monoisotopic (exact) mass is 234 g/mol. The Kier molecular flexibility index (Phi) is 6.17. The summed E-state index contributed by atoms with van der Waals surface area (Å²) in [6.07, 6.45) is 14.6. The van der Waals surface area contributed by atoms with E-state index in [4.69, 9.17) is 0 Å². The maximum absolute atomic E-state index is 4.17. The zero-order valence-electron chi connectivity index (χ0n) is 11.6. The van der Waals surface area contributed by atoms with Crippen LogP contribution in [0.3, 0.4) is 0 Å². The molecule has 0 radical (unpaired) electrons. The van der Waals surface area contributed by atoms with E-state index in [0.29, 0.717) is 0 Å². The Bertz CT molecular complexity index is 297. The summed E-state index contributed by atoms with van der Waals surface area (Å²) < 4.78 is 0. The molecule has 17 heavy (non-hydrogen) atoms. The van der Waals surface area contributed by atoms with Gasteiger partial charge in [-0.25, -0.2) is 9.97 Å². The van der Waals surface area contributed by atoms with Crippen molar-refractivity contribution in [3.8, 4) is 0 Å². The van der Waals surface area contributed by atoms with Gasteiger partial charge >= 0.3 is 0 Å². The molecule has 0 bridgehead atoms. The topological polar surface area (TPSA) is 25.8 Å². The molecule has 1 heterocycles. The van der Waals surface area contributed by atoms with E-state index in [-0.39, 0.29) is 5.41 Å². The zero-order chi connectivity index (χ0) is 12.6. The van der Waals surface area contributed by atoms with E-state index in [9.17, 15) is 0 Å². The van der Waals surface area contributed by atoms with Crippen LogP contribution >= 0.6 is 0 Å². The second-order valence-electron chi connectivity index (χ2n) is 5.25. The van der Waals surface area contributed by atoms with Gasteiger partial charge in [0.05, 0.1) is 0 Å². The highest BCUT2D eigenvalue weighted by Gasteiger charge is 2.25. The summed E-state index contributed by atoms with van der Waals surface area (Å²) in [7, 11) is 0. The summed E-state index contributed by atoms with van der Waals surface area (Å²) in [5.74, 6) is 0. The number of aromatic nitrogens is 2. The number of rotatable bonds is 8. The Balaban J connectivity index is 2.62. The Hall–Kier alpha value is -0.920. The van der Waals surface area contributed by atoms with Crippen molar-refractivity contribution in [2.75, 3.05) is 0 Å². The average Bonchev–Trinajstić information content (AvgIpc) is 2.36. The van der Waals surface area contributed by atoms with E-state index >= 15 is 0 Å². The number of hydrogen-bond acceptors (Lipinski definition) is 2. The first kappa shape index (κ1) is 14.1. The molecule has 0 aromatic carbocycles. The molecule has 1 atom stereocenters. The van der Waals surface area contributed by atoms with Crippen LogP contribution in [0.15, 0.2) is 18.7 Å². The standard InChI is InChI=1S/C15H26N2/c1-4-6-7-8-10-15(3,9-5-2)14-11-16-13-17-12-14/h11-13H,4-10H2,1-3H3. The number of nitrogens with zero attached hydrogens (tertiary/aromatic N) is 2. The predicted molar refractivity (Wildman–Crippen MR) is 73.1 cm³/mol. The van der Waals surface area contributed by atoms with Crippen molar-refractivity contribution in [1.82, 2.24) is 9.97 Å². The predicted octanol–water partition coefficient (Wildman–Crippen LogP) is 4.50. The van der Waals surface area contributed by atoms with Crippen LogP contribution in [0.25, 0.3) is 0 Å². The molecule has 0 amide bonds. The van der Waals surface area contributed by atoms with Crippen LogP contribution in [0, 0.1) is 0 Å². The summed E-state index contributed by atoms with van der Waals surface area (Å²) in [5, 5.41) is 0. The highest BCUT2D eigenvalue weighted by Crippen LogP contribution is 2.33. The lowest BCUT2D eigenvalue weighted by Gasteiger charge is -2.29. The highest BCUT2D eigenvalue weighted by atomic mass is 14.8. The largest absolute Gasteiger partial charge is 0.245 e. The Morgan fingerprint density at radius 3 is 2.24 bits per heavy atom. The van der Waals surface area contributed by atoms with Gasteiger partial charge in [0.15, 0.2) is 0 Å². The maximum Gasteiger partial charge on any atom is 0.115 e. The quantitative estimate of drug-likeness (QED) is 0.619. The zero-order valence-corrected chi connectivity index (χ0v) is 11.6. The van der Waals surface area contributed by atoms with Gasteiger partial charge in [-0.3, -0.25) is 0 Å². The second kappa shape index (κ2) is 7.41. The molecular weight excluding hydrogens is 208 g/mol. The minimum Gasteiger partial charge on any atom is -0.245 e. The molecule has 0 aliphatic carbocycles. The molecule has 0 aliphatic heterocycles. The van der Waals surface area contributed by atoms with Crippen LogP contribution in [0.2, 0.25) is 0 Å². The Morgan fingerprint density at radius 1 is 0.941 bits per heavy atom. The number of unbranched alkanes of at least 4 members (excludes halogenated alkanes) is 3. The van der Waals surface area contributed by atoms with E-state index in [1.807, 2.05) is 12.4 Å². The van der Waals surface area contributed by atoms with E-state index in [1.54, 1.807) is 6.33 Å². The third-order valence-electron chi connectivity index (χ3n) is 3.64. The minimum atomic E-state index is 0.268. The maximum atomic E-state index is 4.17. The SMILES string of the molecule is CCCCCCC(C)(CCC)c1cncnc1. The second-order valence-corrected chi connectivity index (χ2v) is 5.25. The normalized spacial score (nSPS) is 14.5. The molecule has 1 aromatic rings. The van der Waals surface area contributed by atoms with Crippen molar-refractivity contribution in [2.45, 2.75) is 71.1 Å². The lowest BCUT2D eigenvalue weighted by Crippen LogP contribution is -2.22. The molecular formula is C15H26N2. The minimum absolute atomic E-state index is 0.268. The van der Waals surface area contributed by atoms with Crippen LogP contribution in [0.4, 0.5) is 0 Å². The van der Waals surface area contributed by atoms with E-state index in [0.717, 1.165) is 0 Å². The third kappa shape index (κ3) is 4.45. The van der Waals surface area contributed by atoms with Crippen molar-refractivity contribution in [1.29, 1.82) is 0 Å². The highest BCUT2D eigenvalue weighted by molar-refractivity contribution is 5.17. The molecule has 0 saturated heterocycles. The summed E-state index contributed by atoms with van der Waals surface area (Å²) in [5.41, 5.74) is 1.57. The fraction of sp³-hybridized carbons (Fsp3) is 0.733. The van der Waals surface area contributed by atoms with Gasteiger partial charge in [0, 0.05) is 12.4 Å². The molecule has 0 saturated carbocycles. The van der Waals surface area contributed by atoms with Gasteiger partial charge in [-0.15, -0.1) is 0 Å². The molecule has 1 unspecified atom stereocenters. The molecule has 0 aliphatic rings. The van der Waals surface area contributed by atoms with Crippen LogP contribution in [0.5, 0.6) is 0 Å². The van der Waals surface area contributed by atoms with E-state index in [2.05, 4.69) is 30.7 Å². The van der Waals surface area contributed by atoms with Gasteiger partial charge in [-0.2, -0.15) is 0 Å². The molecule has 1 aromatic heterocycles. The lowest BCUT2D eigenvalue weighted by atomic mass is 9.76.